The molecule has 0 aromatic heterocycles. The fourth-order valence-corrected chi connectivity index (χ4v) is 4.06. The van der Waals surface area contributed by atoms with Gasteiger partial charge in [-0.05, 0) is 51.1 Å². The van der Waals surface area contributed by atoms with E-state index in [1.807, 2.05) is 20.8 Å². The van der Waals surface area contributed by atoms with Crippen molar-refractivity contribution in [2.75, 3.05) is 119 Å². The molecule has 2 aromatic rings. The predicted octanol–water partition coefficient (Wildman–Crippen LogP) is 4.79. The summed E-state index contributed by atoms with van der Waals surface area (Å²) in [4.78, 5) is 22.4. The first-order chi connectivity index (χ1) is 24.6. The molecule has 15 nitrogen and oxygen atoms in total. The number of nitrogens with zero attached hydrogens (tertiary/aromatic N) is 1. The van der Waals surface area contributed by atoms with Crippen molar-refractivity contribution in [3.8, 4) is 11.5 Å². The van der Waals surface area contributed by atoms with Crippen molar-refractivity contribution < 1.29 is 61.8 Å². The molecule has 0 bridgehead atoms. The molecule has 16 heteroatoms. The smallest absolute Gasteiger partial charge is 0.338 e. The minimum Gasteiger partial charge on any atom is -0.491 e. The Morgan fingerprint density at radius 3 is 1.27 bits per heavy atom. The van der Waals surface area contributed by atoms with E-state index in [0.29, 0.717) is 129 Å². The van der Waals surface area contributed by atoms with Crippen LogP contribution in [-0.2, 0) is 42.6 Å². The van der Waals surface area contributed by atoms with Crippen molar-refractivity contribution in [1.29, 1.82) is 0 Å². The third-order valence-corrected chi connectivity index (χ3v) is 6.37. The maximum atomic E-state index is 12.1. The lowest BCUT2D eigenvalue weighted by Gasteiger charge is -2.19. The van der Waals surface area contributed by atoms with E-state index in [-0.39, 0.29) is 23.3 Å². The second-order valence-corrected chi connectivity index (χ2v) is 12.0. The minimum absolute atomic E-state index is 0.130. The van der Waals surface area contributed by atoms with Gasteiger partial charge in [0.15, 0.2) is 0 Å². The van der Waals surface area contributed by atoms with Crippen LogP contribution in [0.5, 0.6) is 11.5 Å². The number of rotatable bonds is 31. The molecular weight excluding hydrogens is 694 g/mol. The van der Waals surface area contributed by atoms with Crippen LogP contribution in [0.1, 0.15) is 31.1 Å². The number of nitro groups is 1. The lowest BCUT2D eigenvalue weighted by Crippen LogP contribution is -2.23. The molecule has 51 heavy (non-hydrogen) atoms. The number of nitro benzene ring substituents is 1. The summed E-state index contributed by atoms with van der Waals surface area (Å²) in [7, 11) is 0. The monoisotopic (exact) mass is 745 g/mol. The first-order valence-electron chi connectivity index (χ1n) is 16.8. The highest BCUT2D eigenvalue weighted by Crippen LogP contribution is 2.25. The largest absolute Gasteiger partial charge is 0.491 e. The van der Waals surface area contributed by atoms with Crippen LogP contribution in [0.4, 0.5) is 5.69 Å². The average Bonchev–Trinajstić information content (AvgIpc) is 3.08. The first kappa shape index (κ1) is 44.0. The van der Waals surface area contributed by atoms with E-state index in [2.05, 4.69) is 0 Å². The number of carbonyl (C=O) groups is 1. The molecule has 0 heterocycles. The second-order valence-electron chi connectivity index (χ2n) is 11.5. The molecule has 0 aliphatic carbocycles. The van der Waals surface area contributed by atoms with Gasteiger partial charge in [-0.1, -0.05) is 11.6 Å². The average molecular weight is 746 g/mol. The zero-order chi connectivity index (χ0) is 37.0. The molecule has 0 aliphatic heterocycles. The van der Waals surface area contributed by atoms with Crippen LogP contribution in [0.25, 0.3) is 0 Å². The molecule has 0 saturated heterocycles. The summed E-state index contributed by atoms with van der Waals surface area (Å²) >= 11 is 5.86. The summed E-state index contributed by atoms with van der Waals surface area (Å²) < 4.78 is 60.1. The van der Waals surface area contributed by atoms with Gasteiger partial charge in [-0.25, -0.2) is 4.79 Å². The summed E-state index contributed by atoms with van der Waals surface area (Å²) in [6, 6.07) is 10.9. The highest BCUT2D eigenvalue weighted by Gasteiger charge is 2.17. The van der Waals surface area contributed by atoms with E-state index in [4.69, 9.17) is 63.7 Å². The second kappa shape index (κ2) is 27.5. The van der Waals surface area contributed by atoms with E-state index < -0.39 is 10.5 Å². The predicted molar refractivity (Wildman–Crippen MR) is 187 cm³/mol. The van der Waals surface area contributed by atoms with Crippen LogP contribution in [0.3, 0.4) is 0 Å². The quantitative estimate of drug-likeness (QED) is 0.0448. The zero-order valence-corrected chi connectivity index (χ0v) is 30.6. The Morgan fingerprint density at radius 1 is 0.569 bits per heavy atom. The van der Waals surface area contributed by atoms with E-state index in [9.17, 15) is 14.9 Å². The summed E-state index contributed by atoms with van der Waals surface area (Å²) in [6.07, 6.45) is 0. The zero-order valence-electron chi connectivity index (χ0n) is 29.8. The number of hydrogen-bond acceptors (Lipinski definition) is 14. The Kier molecular flexibility index (Phi) is 23.8. The summed E-state index contributed by atoms with van der Waals surface area (Å²) in [5.74, 6) is 0.598. The molecule has 0 N–H and O–H groups in total. The van der Waals surface area contributed by atoms with Gasteiger partial charge in [0.2, 0.25) is 0 Å². The maximum absolute atomic E-state index is 12.1. The van der Waals surface area contributed by atoms with Gasteiger partial charge < -0.3 is 52.1 Å². The highest BCUT2D eigenvalue weighted by atomic mass is 35.5. The van der Waals surface area contributed by atoms with E-state index in [1.54, 1.807) is 24.3 Å². The van der Waals surface area contributed by atoms with Gasteiger partial charge in [0.05, 0.1) is 127 Å². The molecule has 288 valence electrons. The van der Waals surface area contributed by atoms with Crippen molar-refractivity contribution in [3.05, 3.63) is 63.2 Å². The van der Waals surface area contributed by atoms with Gasteiger partial charge in [0.1, 0.15) is 30.3 Å². The van der Waals surface area contributed by atoms with Crippen LogP contribution in [-0.4, -0.2) is 135 Å². The van der Waals surface area contributed by atoms with Crippen molar-refractivity contribution in [2.45, 2.75) is 26.4 Å². The number of ether oxygens (including phenoxy) is 11. The summed E-state index contributed by atoms with van der Waals surface area (Å²) in [5, 5.41) is 11.1. The Balaban J connectivity index is 1.23. The third kappa shape index (κ3) is 23.9. The molecule has 0 unspecified atom stereocenters. The van der Waals surface area contributed by atoms with Crippen LogP contribution >= 0.6 is 11.6 Å². The highest BCUT2D eigenvalue weighted by molar-refractivity contribution is 6.30. The Morgan fingerprint density at radius 2 is 0.922 bits per heavy atom. The van der Waals surface area contributed by atoms with Crippen LogP contribution in [0.2, 0.25) is 5.02 Å². The molecule has 0 saturated carbocycles. The SMILES string of the molecule is CC(C)(C)OC(=O)c1ccc(OCCOCCOCCOCCOCCOCCOCCOCCOCCOc2cc(Cl)cc([N+](=O)[O-])c2)cc1. The summed E-state index contributed by atoms with van der Waals surface area (Å²) in [6.45, 7) is 13.1. The standard InChI is InChI=1S/C35H52ClNO14/c1-35(2,3)51-34(38)29-4-6-32(7-5-29)49-24-22-47-20-18-45-16-14-43-12-10-41-8-9-42-11-13-44-15-17-46-19-21-48-23-25-50-33-27-30(36)26-31(28-33)37(39)40/h4-7,26-28H,8-25H2,1-3H3. The van der Waals surface area contributed by atoms with Crippen LogP contribution < -0.4 is 9.47 Å². The number of carbonyl (C=O) groups excluding carboxylic acids is 1. The van der Waals surface area contributed by atoms with E-state index in [1.165, 1.54) is 18.2 Å². The van der Waals surface area contributed by atoms with Crippen molar-refractivity contribution in [3.63, 3.8) is 0 Å². The lowest BCUT2D eigenvalue weighted by molar-refractivity contribution is -0.384. The van der Waals surface area contributed by atoms with Crippen LogP contribution in [0, 0.1) is 10.1 Å². The molecule has 0 amide bonds. The minimum atomic E-state index is -0.538. The van der Waals surface area contributed by atoms with Gasteiger partial charge in [-0.3, -0.25) is 10.1 Å². The number of hydrogen-bond donors (Lipinski definition) is 0. The number of esters is 1. The molecule has 0 fully saturated rings. The van der Waals surface area contributed by atoms with E-state index >= 15 is 0 Å². The topological polar surface area (TPSA) is 162 Å². The first-order valence-corrected chi connectivity index (χ1v) is 17.2. The van der Waals surface area contributed by atoms with Crippen molar-refractivity contribution >= 4 is 23.3 Å². The van der Waals surface area contributed by atoms with Gasteiger partial charge >= 0.3 is 5.97 Å². The molecule has 0 spiro atoms. The normalized spacial score (nSPS) is 11.5. The maximum Gasteiger partial charge on any atom is 0.338 e. The number of halogens is 1. The molecule has 0 atom stereocenters. The molecule has 2 aromatic carbocycles. The fraction of sp³-hybridized carbons (Fsp3) is 0.629. The van der Waals surface area contributed by atoms with Gasteiger partial charge in [-0.2, -0.15) is 0 Å². The molecule has 0 radical (unpaired) electrons. The van der Waals surface area contributed by atoms with Gasteiger partial charge in [0, 0.05) is 6.07 Å². The molecule has 2 rings (SSSR count). The Bertz CT molecular complexity index is 1210. The Hall–Kier alpha value is -3.12. The van der Waals surface area contributed by atoms with Crippen molar-refractivity contribution in [2.24, 2.45) is 0 Å². The third-order valence-electron chi connectivity index (χ3n) is 6.15. The molecule has 0 aliphatic rings. The lowest BCUT2D eigenvalue weighted by atomic mass is 10.1. The van der Waals surface area contributed by atoms with Gasteiger partial charge in [-0.15, -0.1) is 0 Å². The fourth-order valence-electron chi connectivity index (χ4n) is 3.84. The van der Waals surface area contributed by atoms with Gasteiger partial charge in [0.25, 0.3) is 5.69 Å². The number of non-ortho nitro benzene ring substituents is 1. The van der Waals surface area contributed by atoms with E-state index in [0.717, 1.165) is 0 Å². The van der Waals surface area contributed by atoms with Crippen LogP contribution in [0.15, 0.2) is 42.5 Å². The Labute approximate surface area is 304 Å². The molecular formula is C35H52ClNO14. The van der Waals surface area contributed by atoms with Crippen molar-refractivity contribution in [1.82, 2.24) is 0 Å². The number of benzene rings is 2. The summed E-state index contributed by atoms with van der Waals surface area (Å²) in [5.41, 5.74) is -0.192.